The minimum Gasteiger partial charge on any atom is -0.490 e. The lowest BCUT2D eigenvalue weighted by molar-refractivity contribution is 0.133. The molecule has 4 rings (SSSR count). The Morgan fingerprint density at radius 2 is 1.59 bits per heavy atom. The highest BCUT2D eigenvalue weighted by Crippen LogP contribution is 2.48. The van der Waals surface area contributed by atoms with Gasteiger partial charge in [0.1, 0.15) is 24.0 Å². The van der Waals surface area contributed by atoms with E-state index in [0.717, 1.165) is 30.7 Å². The van der Waals surface area contributed by atoms with Crippen LogP contribution in [0.2, 0.25) is 0 Å². The first-order valence-electron chi connectivity index (χ1n) is 11.5. The van der Waals surface area contributed by atoms with Gasteiger partial charge in [-0.15, -0.1) is 6.58 Å². The van der Waals surface area contributed by atoms with Gasteiger partial charge in [0, 0.05) is 5.56 Å². The Morgan fingerprint density at radius 1 is 0.906 bits per heavy atom. The number of hydrogen-bond acceptors (Lipinski definition) is 1. The number of rotatable bonds is 5. The van der Waals surface area contributed by atoms with E-state index < -0.39 is 11.6 Å². The van der Waals surface area contributed by atoms with E-state index in [0.29, 0.717) is 29.8 Å². The van der Waals surface area contributed by atoms with E-state index in [2.05, 4.69) is 31.1 Å². The van der Waals surface area contributed by atoms with Crippen molar-refractivity contribution in [2.45, 2.75) is 44.4 Å². The van der Waals surface area contributed by atoms with Crippen molar-refractivity contribution in [1.82, 2.24) is 0 Å². The van der Waals surface area contributed by atoms with Crippen LogP contribution in [0.3, 0.4) is 0 Å². The molecule has 0 N–H and O–H groups in total. The molecule has 0 aromatic heterocycles. The minimum atomic E-state index is -0.573. The number of fused-ring (bicyclic) bond motifs is 1. The maximum atomic E-state index is 14.8. The summed E-state index contributed by atoms with van der Waals surface area (Å²) >= 11 is 0. The van der Waals surface area contributed by atoms with Crippen LogP contribution in [0.5, 0.6) is 5.75 Å². The largest absolute Gasteiger partial charge is 0.490 e. The van der Waals surface area contributed by atoms with Crippen LogP contribution in [0.15, 0.2) is 61.7 Å². The van der Waals surface area contributed by atoms with Crippen molar-refractivity contribution >= 4 is 0 Å². The third kappa shape index (κ3) is 5.13. The molecule has 0 aliphatic heterocycles. The van der Waals surface area contributed by atoms with Gasteiger partial charge in [-0.1, -0.05) is 30.6 Å². The molecule has 0 heterocycles. The summed E-state index contributed by atoms with van der Waals surface area (Å²) in [5, 5.41) is 0. The first-order valence-corrected chi connectivity index (χ1v) is 11.5. The van der Waals surface area contributed by atoms with Crippen LogP contribution in [-0.2, 0) is 0 Å². The molecular formula is C29H30F2O. The van der Waals surface area contributed by atoms with E-state index >= 15 is 0 Å². The summed E-state index contributed by atoms with van der Waals surface area (Å²) in [6.07, 6.45) is 10.5. The Bertz CT molecular complexity index is 1000. The maximum Gasteiger partial charge on any atom is 0.142 e. The molecule has 0 amide bonds. The van der Waals surface area contributed by atoms with Crippen molar-refractivity contribution in [2.24, 2.45) is 17.8 Å². The molecule has 2 aromatic carbocycles. The van der Waals surface area contributed by atoms with Gasteiger partial charge in [0.2, 0.25) is 0 Å². The van der Waals surface area contributed by atoms with Crippen LogP contribution in [0.4, 0.5) is 8.78 Å². The summed E-state index contributed by atoms with van der Waals surface area (Å²) in [5.74, 6) is 7.35. The van der Waals surface area contributed by atoms with Crippen molar-refractivity contribution in [1.29, 1.82) is 0 Å². The van der Waals surface area contributed by atoms with E-state index in [-0.39, 0.29) is 11.5 Å². The van der Waals surface area contributed by atoms with Gasteiger partial charge in [-0.3, -0.25) is 0 Å². The van der Waals surface area contributed by atoms with Crippen LogP contribution in [0.1, 0.15) is 61.1 Å². The van der Waals surface area contributed by atoms with Gasteiger partial charge >= 0.3 is 0 Å². The molecule has 0 spiro atoms. The van der Waals surface area contributed by atoms with Gasteiger partial charge in [-0.25, -0.2) is 8.78 Å². The first kappa shape index (κ1) is 22.3. The van der Waals surface area contributed by atoms with Crippen molar-refractivity contribution in [3.8, 4) is 17.6 Å². The second-order valence-corrected chi connectivity index (χ2v) is 9.07. The van der Waals surface area contributed by atoms with Gasteiger partial charge < -0.3 is 4.74 Å². The fraction of sp³-hybridized carbons (Fsp3) is 0.379. The van der Waals surface area contributed by atoms with Crippen molar-refractivity contribution < 1.29 is 13.5 Å². The smallest absolute Gasteiger partial charge is 0.142 e. The number of ether oxygens (including phenoxy) is 1. The molecule has 2 aromatic rings. The molecule has 2 aliphatic rings. The van der Waals surface area contributed by atoms with Gasteiger partial charge in [0.05, 0.1) is 5.56 Å². The van der Waals surface area contributed by atoms with Gasteiger partial charge in [0.15, 0.2) is 0 Å². The summed E-state index contributed by atoms with van der Waals surface area (Å²) in [6, 6.07) is 10.1. The maximum absolute atomic E-state index is 14.8. The van der Waals surface area contributed by atoms with Crippen LogP contribution in [-0.4, -0.2) is 6.61 Å². The molecular weight excluding hydrogens is 402 g/mol. The number of benzene rings is 2. The van der Waals surface area contributed by atoms with E-state index in [4.69, 9.17) is 4.74 Å². The topological polar surface area (TPSA) is 9.23 Å². The highest BCUT2D eigenvalue weighted by atomic mass is 19.1. The predicted molar refractivity (Wildman–Crippen MR) is 126 cm³/mol. The molecule has 0 bridgehead atoms. The summed E-state index contributed by atoms with van der Waals surface area (Å²) in [5.41, 5.74) is 1.28. The molecule has 32 heavy (non-hydrogen) atoms. The Balaban J connectivity index is 1.46. The quantitative estimate of drug-likeness (QED) is 0.353. The van der Waals surface area contributed by atoms with E-state index in [1.807, 2.05) is 0 Å². The zero-order chi connectivity index (χ0) is 22.5. The molecule has 2 aliphatic carbocycles. The third-order valence-electron chi connectivity index (χ3n) is 7.08. The van der Waals surface area contributed by atoms with Crippen LogP contribution >= 0.6 is 0 Å². The second kappa shape index (κ2) is 10.2. The lowest BCUT2D eigenvalue weighted by atomic mass is 9.64. The fourth-order valence-electron chi connectivity index (χ4n) is 5.31. The lowest BCUT2D eigenvalue weighted by Crippen LogP contribution is -2.30. The highest BCUT2D eigenvalue weighted by Gasteiger charge is 2.35. The summed E-state index contributed by atoms with van der Waals surface area (Å²) in [7, 11) is 0. The fourth-order valence-corrected chi connectivity index (χ4v) is 5.31. The minimum absolute atomic E-state index is 0.166. The van der Waals surface area contributed by atoms with Crippen LogP contribution in [0.25, 0.3) is 0 Å². The van der Waals surface area contributed by atoms with Crippen molar-refractivity contribution in [2.75, 3.05) is 6.61 Å². The first-order chi connectivity index (χ1) is 15.6. The van der Waals surface area contributed by atoms with Gasteiger partial charge in [0.25, 0.3) is 0 Å². The second-order valence-electron chi connectivity index (χ2n) is 9.07. The molecule has 4 atom stereocenters. The SMILES string of the molecule is C=CCOc1ccc(C#Cc2c(F)cc(C3CCC4CC(C=C)CCC4C3)cc2F)cc1. The Labute approximate surface area is 190 Å². The standard InChI is InChI=1S/C29H30F2O/c1-3-15-32-26-12-6-21(7-13-26)8-14-27-28(30)18-25(19-29(27)31)24-11-10-22-16-20(4-2)5-9-23(22)17-24/h3-4,6-7,12-13,18-20,22-24H,1-2,5,9-11,15-17H2. The zero-order valence-electron chi connectivity index (χ0n) is 18.5. The van der Waals surface area contributed by atoms with Crippen molar-refractivity contribution in [3.05, 3.63) is 90.0 Å². The monoisotopic (exact) mass is 432 g/mol. The number of hydrogen-bond donors (Lipinski definition) is 0. The van der Waals surface area contributed by atoms with E-state index in [1.54, 1.807) is 30.3 Å². The molecule has 2 saturated carbocycles. The normalized spacial score (nSPS) is 24.6. The molecule has 4 unspecified atom stereocenters. The highest BCUT2D eigenvalue weighted by molar-refractivity contribution is 5.46. The Kier molecular flexibility index (Phi) is 7.10. The molecule has 0 saturated heterocycles. The van der Waals surface area contributed by atoms with E-state index in [1.165, 1.54) is 31.4 Å². The van der Waals surface area contributed by atoms with E-state index in [9.17, 15) is 8.78 Å². The molecule has 0 radical (unpaired) electrons. The average molecular weight is 433 g/mol. The number of allylic oxidation sites excluding steroid dienone is 1. The summed E-state index contributed by atoms with van der Waals surface area (Å²) < 4.78 is 35.1. The Morgan fingerprint density at radius 3 is 2.28 bits per heavy atom. The molecule has 3 heteroatoms. The average Bonchev–Trinajstić information content (AvgIpc) is 2.82. The third-order valence-corrected chi connectivity index (χ3v) is 7.08. The lowest BCUT2D eigenvalue weighted by Gasteiger charge is -2.41. The molecule has 166 valence electrons. The predicted octanol–water partition coefficient (Wildman–Crippen LogP) is 7.42. The Hall–Kier alpha value is -2.86. The van der Waals surface area contributed by atoms with Crippen molar-refractivity contribution in [3.63, 3.8) is 0 Å². The molecule has 1 nitrogen and oxygen atoms in total. The van der Waals surface area contributed by atoms with Crippen LogP contribution < -0.4 is 4.74 Å². The van der Waals surface area contributed by atoms with Gasteiger partial charge in [-0.2, -0.15) is 0 Å². The molecule has 2 fully saturated rings. The zero-order valence-corrected chi connectivity index (χ0v) is 18.5. The van der Waals surface area contributed by atoms with Gasteiger partial charge in [-0.05, 0) is 104 Å². The summed E-state index contributed by atoms with van der Waals surface area (Å²) in [6.45, 7) is 7.99. The number of halogens is 2. The van der Waals surface area contributed by atoms with Crippen LogP contribution in [0, 0.1) is 41.2 Å². The summed E-state index contributed by atoms with van der Waals surface area (Å²) in [4.78, 5) is 0.